The van der Waals surface area contributed by atoms with Gasteiger partial charge in [-0.2, -0.15) is 0 Å². The van der Waals surface area contributed by atoms with Crippen LogP contribution in [0.2, 0.25) is 0 Å². The molecule has 2 N–H and O–H groups in total. The van der Waals surface area contributed by atoms with E-state index in [-0.39, 0.29) is 34.7 Å². The lowest BCUT2D eigenvalue weighted by atomic mass is 10.1. The summed E-state index contributed by atoms with van der Waals surface area (Å²) in [5.74, 6) is 0.197. The summed E-state index contributed by atoms with van der Waals surface area (Å²) < 4.78 is 23.4. The van der Waals surface area contributed by atoms with Crippen LogP contribution in [0.5, 0.6) is 0 Å². The standard InChI is InChI=1S/C22H25N3O3S2/c1-15(10-11-16-6-3-2-4-7-16)23-21(26)17-8-5-9-18(12-17)24-22-25-19-13-30(27,28)14-20(19)29-22/h2-9,12,15,19-20H,10-11,13-14H2,1H3,(H,23,26)(H,24,25)/t15-,19+,20-/m1/s1. The van der Waals surface area contributed by atoms with Crippen LogP contribution in [-0.2, 0) is 16.3 Å². The van der Waals surface area contributed by atoms with Crippen LogP contribution in [0.1, 0.15) is 29.3 Å². The number of hydrogen-bond donors (Lipinski definition) is 2. The highest BCUT2D eigenvalue weighted by Gasteiger charge is 2.42. The quantitative estimate of drug-likeness (QED) is 0.716. The molecular weight excluding hydrogens is 418 g/mol. The number of nitrogens with one attached hydrogen (secondary N) is 2. The summed E-state index contributed by atoms with van der Waals surface area (Å²) in [6, 6.07) is 17.4. The maximum atomic E-state index is 12.6. The van der Waals surface area contributed by atoms with Gasteiger partial charge in [0.15, 0.2) is 15.0 Å². The van der Waals surface area contributed by atoms with E-state index in [1.807, 2.05) is 37.3 Å². The molecule has 158 valence electrons. The average molecular weight is 444 g/mol. The van der Waals surface area contributed by atoms with Gasteiger partial charge in [-0.3, -0.25) is 9.79 Å². The summed E-state index contributed by atoms with van der Waals surface area (Å²) in [4.78, 5) is 17.2. The molecule has 1 saturated heterocycles. The molecule has 30 heavy (non-hydrogen) atoms. The molecule has 0 saturated carbocycles. The molecular formula is C22H25N3O3S2. The fraction of sp³-hybridized carbons (Fsp3) is 0.364. The van der Waals surface area contributed by atoms with E-state index in [0.717, 1.165) is 18.5 Å². The molecule has 2 aliphatic rings. The number of fused-ring (bicyclic) bond motifs is 1. The van der Waals surface area contributed by atoms with E-state index in [4.69, 9.17) is 0 Å². The number of aliphatic imine (C=N–C) groups is 1. The van der Waals surface area contributed by atoms with E-state index in [2.05, 4.69) is 27.8 Å². The van der Waals surface area contributed by atoms with Gasteiger partial charge in [-0.1, -0.05) is 48.2 Å². The fourth-order valence-corrected chi connectivity index (χ4v) is 7.36. The van der Waals surface area contributed by atoms with Gasteiger partial charge < -0.3 is 10.6 Å². The number of anilines is 1. The minimum atomic E-state index is -2.96. The van der Waals surface area contributed by atoms with E-state index in [9.17, 15) is 13.2 Å². The van der Waals surface area contributed by atoms with Crippen LogP contribution in [0.25, 0.3) is 0 Å². The Hall–Kier alpha value is -2.32. The lowest BCUT2D eigenvalue weighted by Gasteiger charge is -2.15. The first-order valence-corrected chi connectivity index (χ1v) is 12.7. The highest BCUT2D eigenvalue weighted by Crippen LogP contribution is 2.34. The van der Waals surface area contributed by atoms with Gasteiger partial charge in [0.1, 0.15) is 0 Å². The second-order valence-corrected chi connectivity index (χ2v) is 11.2. The fourth-order valence-electron chi connectivity index (χ4n) is 3.68. The van der Waals surface area contributed by atoms with Gasteiger partial charge in [0, 0.05) is 22.5 Å². The number of thioether (sulfide) groups is 1. The molecule has 0 spiro atoms. The first-order valence-electron chi connectivity index (χ1n) is 10.0. The number of aryl methyl sites for hydroxylation is 1. The molecule has 8 heteroatoms. The number of benzene rings is 2. The van der Waals surface area contributed by atoms with Crippen molar-refractivity contribution in [2.45, 2.75) is 37.1 Å². The van der Waals surface area contributed by atoms with E-state index < -0.39 is 9.84 Å². The molecule has 0 unspecified atom stereocenters. The number of nitrogens with zero attached hydrogens (tertiary/aromatic N) is 1. The summed E-state index contributed by atoms with van der Waals surface area (Å²) >= 11 is 1.47. The number of rotatable bonds is 6. The van der Waals surface area contributed by atoms with Gasteiger partial charge in [-0.15, -0.1) is 0 Å². The molecule has 6 nitrogen and oxygen atoms in total. The zero-order valence-electron chi connectivity index (χ0n) is 16.7. The number of amides is 1. The van der Waals surface area contributed by atoms with Crippen molar-refractivity contribution in [1.29, 1.82) is 0 Å². The van der Waals surface area contributed by atoms with Crippen molar-refractivity contribution in [2.75, 3.05) is 16.8 Å². The molecule has 0 bridgehead atoms. The lowest BCUT2D eigenvalue weighted by Crippen LogP contribution is -2.32. The number of carbonyl (C=O) groups excluding carboxylic acids is 1. The zero-order valence-corrected chi connectivity index (χ0v) is 18.4. The van der Waals surface area contributed by atoms with E-state index in [0.29, 0.717) is 10.7 Å². The SMILES string of the molecule is C[C@H](CCc1ccccc1)NC(=O)c1cccc(NC2=N[C@H]3CS(=O)(=O)C[C@H]3S2)c1. The topological polar surface area (TPSA) is 87.6 Å². The third-order valence-electron chi connectivity index (χ3n) is 5.28. The summed E-state index contributed by atoms with van der Waals surface area (Å²) in [7, 11) is -2.96. The Balaban J connectivity index is 1.32. The molecule has 2 aromatic rings. The Labute approximate surface area is 181 Å². The number of hydrogen-bond acceptors (Lipinski definition) is 6. The van der Waals surface area contributed by atoms with Gasteiger partial charge in [-0.05, 0) is 43.5 Å². The molecule has 0 aliphatic carbocycles. The van der Waals surface area contributed by atoms with Gasteiger partial charge in [0.2, 0.25) is 0 Å². The van der Waals surface area contributed by atoms with Crippen molar-refractivity contribution in [3.8, 4) is 0 Å². The molecule has 1 amide bonds. The normalized spacial score (nSPS) is 22.8. The minimum absolute atomic E-state index is 0.00514. The van der Waals surface area contributed by atoms with Crippen LogP contribution in [0.3, 0.4) is 0 Å². The molecule has 2 heterocycles. The third-order valence-corrected chi connectivity index (χ3v) is 8.42. The van der Waals surface area contributed by atoms with Crippen molar-refractivity contribution >= 4 is 38.4 Å². The molecule has 2 aliphatic heterocycles. The van der Waals surface area contributed by atoms with Gasteiger partial charge >= 0.3 is 0 Å². The Bertz CT molecular complexity index is 1050. The van der Waals surface area contributed by atoms with Gasteiger partial charge in [0.25, 0.3) is 5.91 Å². The number of amidine groups is 1. The second-order valence-electron chi connectivity index (χ2n) is 7.84. The highest BCUT2D eigenvalue weighted by molar-refractivity contribution is 8.15. The van der Waals surface area contributed by atoms with Crippen LogP contribution >= 0.6 is 11.8 Å². The largest absolute Gasteiger partial charge is 0.350 e. The number of sulfone groups is 1. The Morgan fingerprint density at radius 1 is 1.17 bits per heavy atom. The van der Waals surface area contributed by atoms with Crippen molar-refractivity contribution in [3.63, 3.8) is 0 Å². The smallest absolute Gasteiger partial charge is 0.251 e. The van der Waals surface area contributed by atoms with Crippen molar-refractivity contribution in [1.82, 2.24) is 5.32 Å². The van der Waals surface area contributed by atoms with Crippen LogP contribution in [-0.4, -0.2) is 48.3 Å². The van der Waals surface area contributed by atoms with Crippen molar-refractivity contribution < 1.29 is 13.2 Å². The minimum Gasteiger partial charge on any atom is -0.350 e. The molecule has 3 atom stereocenters. The molecule has 2 aromatic carbocycles. The lowest BCUT2D eigenvalue weighted by molar-refractivity contribution is 0.0938. The predicted molar refractivity (Wildman–Crippen MR) is 123 cm³/mol. The van der Waals surface area contributed by atoms with Crippen LogP contribution < -0.4 is 10.6 Å². The van der Waals surface area contributed by atoms with Gasteiger partial charge in [0.05, 0.1) is 17.5 Å². The van der Waals surface area contributed by atoms with Crippen molar-refractivity contribution in [2.24, 2.45) is 4.99 Å². The monoisotopic (exact) mass is 443 g/mol. The van der Waals surface area contributed by atoms with Crippen LogP contribution in [0.4, 0.5) is 5.69 Å². The third kappa shape index (κ3) is 5.23. The zero-order chi connectivity index (χ0) is 21.1. The maximum absolute atomic E-state index is 12.6. The van der Waals surface area contributed by atoms with E-state index in [1.165, 1.54) is 17.3 Å². The number of carbonyl (C=O) groups is 1. The average Bonchev–Trinajstić information content (AvgIpc) is 3.19. The Morgan fingerprint density at radius 3 is 2.73 bits per heavy atom. The molecule has 0 aromatic heterocycles. The van der Waals surface area contributed by atoms with E-state index in [1.54, 1.807) is 12.1 Å². The first kappa shape index (κ1) is 20.9. The summed E-state index contributed by atoms with van der Waals surface area (Å²) in [6.07, 6.45) is 1.78. The molecule has 4 rings (SSSR count). The van der Waals surface area contributed by atoms with Crippen molar-refractivity contribution in [3.05, 3.63) is 65.7 Å². The summed E-state index contributed by atoms with van der Waals surface area (Å²) in [5.41, 5.74) is 2.61. The molecule has 1 fully saturated rings. The second kappa shape index (κ2) is 8.81. The summed E-state index contributed by atoms with van der Waals surface area (Å²) in [5, 5.41) is 7.00. The summed E-state index contributed by atoms with van der Waals surface area (Å²) in [6.45, 7) is 2.01. The van der Waals surface area contributed by atoms with Crippen LogP contribution in [0, 0.1) is 0 Å². The highest BCUT2D eigenvalue weighted by atomic mass is 32.2. The first-order chi connectivity index (χ1) is 14.4. The maximum Gasteiger partial charge on any atom is 0.251 e. The predicted octanol–water partition coefficient (Wildman–Crippen LogP) is 3.12. The van der Waals surface area contributed by atoms with Crippen LogP contribution in [0.15, 0.2) is 59.6 Å². The molecule has 0 radical (unpaired) electrons. The Kier molecular flexibility index (Phi) is 6.15. The Morgan fingerprint density at radius 2 is 1.97 bits per heavy atom. The van der Waals surface area contributed by atoms with E-state index >= 15 is 0 Å². The van der Waals surface area contributed by atoms with Gasteiger partial charge in [-0.25, -0.2) is 8.42 Å².